The molecule has 0 bridgehead atoms. The molecular formula is C14H21NO2. The van der Waals surface area contributed by atoms with Crippen molar-refractivity contribution < 1.29 is 9.84 Å². The van der Waals surface area contributed by atoms with Crippen LogP contribution in [0.5, 0.6) is 5.75 Å². The number of phenolic OH excluding ortho intramolecular Hbond substituents is 1. The first-order valence-electron chi connectivity index (χ1n) is 6.36. The highest BCUT2D eigenvalue weighted by molar-refractivity contribution is 5.34. The lowest BCUT2D eigenvalue weighted by atomic mass is 9.88. The van der Waals surface area contributed by atoms with Crippen LogP contribution in [0.1, 0.15) is 38.3 Å². The van der Waals surface area contributed by atoms with Gasteiger partial charge in [-0.1, -0.05) is 18.2 Å². The fraction of sp³-hybridized carbons (Fsp3) is 0.571. The number of ether oxygens (including phenoxy) is 1. The van der Waals surface area contributed by atoms with E-state index in [4.69, 9.17) is 4.74 Å². The van der Waals surface area contributed by atoms with Crippen LogP contribution >= 0.6 is 0 Å². The van der Waals surface area contributed by atoms with E-state index in [0.717, 1.165) is 25.0 Å². The Labute approximate surface area is 103 Å². The minimum absolute atomic E-state index is 0.184. The van der Waals surface area contributed by atoms with Crippen molar-refractivity contribution in [3.8, 4) is 5.75 Å². The molecule has 17 heavy (non-hydrogen) atoms. The molecule has 1 unspecified atom stereocenters. The Bertz CT molecular complexity index is 361. The fourth-order valence-corrected chi connectivity index (χ4v) is 2.37. The highest BCUT2D eigenvalue weighted by atomic mass is 16.5. The van der Waals surface area contributed by atoms with Gasteiger partial charge < -0.3 is 15.2 Å². The van der Waals surface area contributed by atoms with E-state index in [-0.39, 0.29) is 6.04 Å². The highest BCUT2D eigenvalue weighted by Crippen LogP contribution is 2.28. The molecule has 0 saturated heterocycles. The summed E-state index contributed by atoms with van der Waals surface area (Å²) in [5, 5.41) is 13.3. The fourth-order valence-electron chi connectivity index (χ4n) is 2.37. The maximum absolute atomic E-state index is 9.76. The molecule has 1 aliphatic rings. The summed E-state index contributed by atoms with van der Waals surface area (Å²) in [5.74, 6) is 0.369. The number of benzene rings is 1. The average Bonchev–Trinajstić information content (AvgIpc) is 2.26. The van der Waals surface area contributed by atoms with Crippen LogP contribution in [0, 0.1) is 0 Å². The summed E-state index contributed by atoms with van der Waals surface area (Å²) >= 11 is 0. The van der Waals surface area contributed by atoms with E-state index in [2.05, 4.69) is 12.2 Å². The van der Waals surface area contributed by atoms with Gasteiger partial charge in [-0.15, -0.1) is 0 Å². The number of para-hydroxylation sites is 1. The standard InChI is InChI=1S/C14H21NO2/c1-3-17-12-8-11(9-12)15-10(2)13-6-4-5-7-14(13)16/h4-7,10-12,15-16H,3,8-9H2,1-2H3. The molecule has 1 aromatic carbocycles. The van der Waals surface area contributed by atoms with Gasteiger partial charge in [-0.05, 0) is 32.8 Å². The zero-order valence-electron chi connectivity index (χ0n) is 10.5. The monoisotopic (exact) mass is 235 g/mol. The lowest BCUT2D eigenvalue weighted by Gasteiger charge is -2.37. The first-order chi connectivity index (χ1) is 8.20. The van der Waals surface area contributed by atoms with Gasteiger partial charge in [-0.2, -0.15) is 0 Å². The van der Waals surface area contributed by atoms with Crippen molar-refractivity contribution in [3.05, 3.63) is 29.8 Å². The largest absolute Gasteiger partial charge is 0.508 e. The molecule has 1 aliphatic carbocycles. The number of aromatic hydroxyl groups is 1. The average molecular weight is 235 g/mol. The molecule has 0 aliphatic heterocycles. The predicted octanol–water partition coefficient (Wildman–Crippen LogP) is 2.61. The molecule has 0 radical (unpaired) electrons. The third-order valence-electron chi connectivity index (χ3n) is 3.39. The number of hydrogen-bond acceptors (Lipinski definition) is 3. The van der Waals surface area contributed by atoms with E-state index in [1.54, 1.807) is 6.07 Å². The van der Waals surface area contributed by atoms with Gasteiger partial charge in [-0.25, -0.2) is 0 Å². The molecule has 1 fully saturated rings. The SMILES string of the molecule is CCOC1CC(NC(C)c2ccccc2O)C1. The molecule has 1 aromatic rings. The number of hydrogen-bond donors (Lipinski definition) is 2. The van der Waals surface area contributed by atoms with E-state index in [1.165, 1.54) is 0 Å². The summed E-state index contributed by atoms with van der Waals surface area (Å²) in [6, 6.07) is 8.20. The summed E-state index contributed by atoms with van der Waals surface area (Å²) in [6.45, 7) is 4.92. The summed E-state index contributed by atoms with van der Waals surface area (Å²) in [6.07, 6.45) is 2.58. The van der Waals surface area contributed by atoms with Gasteiger partial charge in [0.15, 0.2) is 0 Å². The smallest absolute Gasteiger partial charge is 0.120 e. The van der Waals surface area contributed by atoms with Crippen molar-refractivity contribution in [2.75, 3.05) is 6.61 Å². The van der Waals surface area contributed by atoms with Gasteiger partial charge in [-0.3, -0.25) is 0 Å². The van der Waals surface area contributed by atoms with E-state index in [9.17, 15) is 5.11 Å². The van der Waals surface area contributed by atoms with Gasteiger partial charge in [0.05, 0.1) is 6.10 Å². The van der Waals surface area contributed by atoms with Crippen LogP contribution in [0.15, 0.2) is 24.3 Å². The van der Waals surface area contributed by atoms with E-state index >= 15 is 0 Å². The van der Waals surface area contributed by atoms with Crippen molar-refractivity contribution >= 4 is 0 Å². The Morgan fingerprint density at radius 1 is 1.41 bits per heavy atom. The van der Waals surface area contributed by atoms with Crippen molar-refractivity contribution in [1.82, 2.24) is 5.32 Å². The molecule has 0 heterocycles. The van der Waals surface area contributed by atoms with Crippen molar-refractivity contribution in [2.45, 2.75) is 44.9 Å². The molecule has 2 rings (SSSR count). The van der Waals surface area contributed by atoms with Gasteiger partial charge in [0.1, 0.15) is 5.75 Å². The normalized spacial score (nSPS) is 25.3. The topological polar surface area (TPSA) is 41.5 Å². The van der Waals surface area contributed by atoms with Crippen LogP contribution < -0.4 is 5.32 Å². The lowest BCUT2D eigenvalue weighted by Crippen LogP contribution is -2.46. The summed E-state index contributed by atoms with van der Waals surface area (Å²) in [4.78, 5) is 0. The Morgan fingerprint density at radius 2 is 2.12 bits per heavy atom. The number of phenols is 1. The molecule has 0 amide bonds. The van der Waals surface area contributed by atoms with E-state index in [1.807, 2.05) is 25.1 Å². The molecule has 0 aromatic heterocycles. The minimum Gasteiger partial charge on any atom is -0.508 e. The maximum Gasteiger partial charge on any atom is 0.120 e. The summed E-state index contributed by atoms with van der Waals surface area (Å²) in [7, 11) is 0. The van der Waals surface area contributed by atoms with Crippen LogP contribution in [0.4, 0.5) is 0 Å². The van der Waals surface area contributed by atoms with Gasteiger partial charge in [0.2, 0.25) is 0 Å². The zero-order valence-corrected chi connectivity index (χ0v) is 10.5. The quantitative estimate of drug-likeness (QED) is 0.824. The summed E-state index contributed by atoms with van der Waals surface area (Å²) < 4.78 is 5.53. The lowest BCUT2D eigenvalue weighted by molar-refractivity contribution is -0.0120. The predicted molar refractivity (Wildman–Crippen MR) is 68.1 cm³/mol. The molecule has 3 nitrogen and oxygen atoms in total. The number of nitrogens with one attached hydrogen (secondary N) is 1. The minimum atomic E-state index is 0.184. The molecule has 3 heteroatoms. The Kier molecular flexibility index (Phi) is 4.02. The maximum atomic E-state index is 9.76. The van der Waals surface area contributed by atoms with Gasteiger partial charge >= 0.3 is 0 Å². The molecule has 1 saturated carbocycles. The molecule has 1 atom stereocenters. The van der Waals surface area contributed by atoms with Crippen LogP contribution in [0.3, 0.4) is 0 Å². The Balaban J connectivity index is 1.83. The molecule has 2 N–H and O–H groups in total. The Morgan fingerprint density at radius 3 is 2.76 bits per heavy atom. The van der Waals surface area contributed by atoms with Crippen LogP contribution in [0.2, 0.25) is 0 Å². The Hall–Kier alpha value is -1.06. The molecular weight excluding hydrogens is 214 g/mol. The van der Waals surface area contributed by atoms with Crippen molar-refractivity contribution in [3.63, 3.8) is 0 Å². The van der Waals surface area contributed by atoms with Crippen molar-refractivity contribution in [1.29, 1.82) is 0 Å². The van der Waals surface area contributed by atoms with Gasteiger partial charge in [0, 0.05) is 24.3 Å². The first kappa shape index (κ1) is 12.4. The zero-order chi connectivity index (χ0) is 12.3. The summed E-state index contributed by atoms with van der Waals surface area (Å²) in [5.41, 5.74) is 0.965. The third kappa shape index (κ3) is 2.99. The first-order valence-corrected chi connectivity index (χ1v) is 6.36. The van der Waals surface area contributed by atoms with Crippen molar-refractivity contribution in [2.24, 2.45) is 0 Å². The van der Waals surface area contributed by atoms with E-state index < -0.39 is 0 Å². The van der Waals surface area contributed by atoms with E-state index in [0.29, 0.717) is 17.9 Å². The van der Waals surface area contributed by atoms with Crippen LogP contribution in [-0.2, 0) is 4.74 Å². The van der Waals surface area contributed by atoms with Crippen LogP contribution in [0.25, 0.3) is 0 Å². The molecule has 94 valence electrons. The second-order valence-corrected chi connectivity index (χ2v) is 4.69. The highest BCUT2D eigenvalue weighted by Gasteiger charge is 2.30. The van der Waals surface area contributed by atoms with Gasteiger partial charge in [0.25, 0.3) is 0 Å². The number of rotatable bonds is 5. The second kappa shape index (κ2) is 5.52. The second-order valence-electron chi connectivity index (χ2n) is 4.69. The molecule has 0 spiro atoms. The van der Waals surface area contributed by atoms with Crippen LogP contribution in [-0.4, -0.2) is 23.9 Å². The third-order valence-corrected chi connectivity index (χ3v) is 3.39.